The van der Waals surface area contributed by atoms with Gasteiger partial charge in [0.15, 0.2) is 0 Å². The molecule has 0 N–H and O–H groups in total. The summed E-state index contributed by atoms with van der Waals surface area (Å²) in [5, 5.41) is 0. The van der Waals surface area contributed by atoms with Crippen molar-refractivity contribution in [3.63, 3.8) is 0 Å². The van der Waals surface area contributed by atoms with Crippen LogP contribution in [0.1, 0.15) is 39.7 Å². The van der Waals surface area contributed by atoms with Gasteiger partial charge in [-0.15, -0.1) is 0 Å². The van der Waals surface area contributed by atoms with Gasteiger partial charge in [0.05, 0.1) is 11.2 Å². The minimum absolute atomic E-state index is 0.0922. The lowest BCUT2D eigenvalue weighted by Gasteiger charge is -2.32. The topological polar surface area (TPSA) is 18.5 Å². The van der Waals surface area contributed by atoms with E-state index in [1.54, 1.807) is 0 Å². The van der Waals surface area contributed by atoms with Crippen LogP contribution in [0.3, 0.4) is 0 Å². The first-order chi connectivity index (χ1) is 8.91. The Morgan fingerprint density at radius 3 is 2.16 bits per heavy atom. The van der Waals surface area contributed by atoms with Gasteiger partial charge in [0.1, 0.15) is 0 Å². The summed E-state index contributed by atoms with van der Waals surface area (Å²) in [6.45, 7) is 8.36. The van der Waals surface area contributed by atoms with Crippen LogP contribution in [-0.2, 0) is 9.31 Å². The molecule has 0 spiro atoms. The predicted molar refractivity (Wildman–Crippen MR) is 81.0 cm³/mol. The van der Waals surface area contributed by atoms with Crippen molar-refractivity contribution < 1.29 is 9.31 Å². The lowest BCUT2D eigenvalue weighted by Crippen LogP contribution is -2.41. The largest absolute Gasteiger partial charge is 0.458 e. The molecule has 1 heterocycles. The van der Waals surface area contributed by atoms with Crippen molar-refractivity contribution in [3.05, 3.63) is 42.0 Å². The maximum atomic E-state index is 5.96. The normalized spacial score (nSPS) is 21.2. The van der Waals surface area contributed by atoms with Crippen molar-refractivity contribution in [1.29, 1.82) is 0 Å². The number of rotatable bonds is 4. The van der Waals surface area contributed by atoms with Crippen LogP contribution >= 0.6 is 0 Å². The van der Waals surface area contributed by atoms with Gasteiger partial charge in [0.2, 0.25) is 0 Å². The molecule has 1 fully saturated rings. The van der Waals surface area contributed by atoms with Gasteiger partial charge in [-0.1, -0.05) is 42.5 Å². The summed E-state index contributed by atoms with van der Waals surface area (Å²) >= 11 is 0. The Labute approximate surface area is 117 Å². The first kappa shape index (κ1) is 14.4. The second-order valence-electron chi connectivity index (χ2n) is 6.08. The Bertz CT molecular complexity index is 421. The third kappa shape index (κ3) is 3.49. The maximum absolute atomic E-state index is 5.96. The molecule has 102 valence electrons. The van der Waals surface area contributed by atoms with E-state index in [0.717, 1.165) is 12.7 Å². The summed E-state index contributed by atoms with van der Waals surface area (Å²) in [5.41, 5.74) is 0.790. The molecule has 0 aliphatic carbocycles. The molecule has 1 aromatic carbocycles. The zero-order valence-electron chi connectivity index (χ0n) is 12.3. The Morgan fingerprint density at radius 2 is 1.58 bits per heavy atom. The monoisotopic (exact) mass is 258 g/mol. The molecule has 1 saturated heterocycles. The van der Waals surface area contributed by atoms with Crippen LogP contribution in [0.2, 0.25) is 6.32 Å². The highest BCUT2D eigenvalue weighted by Crippen LogP contribution is 2.37. The standard InChI is InChI=1S/C16H23BO2/c1-15(2)16(3,4)19-17(18-15)13-9-8-12-14-10-6-5-7-11-14/h5-8,10-12H,9,13H2,1-4H3/b12-8+. The Balaban J connectivity index is 1.80. The summed E-state index contributed by atoms with van der Waals surface area (Å²) in [4.78, 5) is 0. The summed E-state index contributed by atoms with van der Waals surface area (Å²) < 4.78 is 11.9. The van der Waals surface area contributed by atoms with E-state index in [4.69, 9.17) is 9.31 Å². The summed E-state index contributed by atoms with van der Waals surface area (Å²) in [6, 6.07) is 10.3. The van der Waals surface area contributed by atoms with E-state index in [0.29, 0.717) is 0 Å². The van der Waals surface area contributed by atoms with Crippen LogP contribution < -0.4 is 0 Å². The summed E-state index contributed by atoms with van der Waals surface area (Å²) in [6.07, 6.45) is 6.19. The average molecular weight is 258 g/mol. The third-order valence-electron chi connectivity index (χ3n) is 3.98. The van der Waals surface area contributed by atoms with Crippen LogP contribution in [0.5, 0.6) is 0 Å². The van der Waals surface area contributed by atoms with Crippen LogP contribution in [0.15, 0.2) is 36.4 Å². The minimum Gasteiger partial charge on any atom is -0.403 e. The summed E-state index contributed by atoms with van der Waals surface area (Å²) in [7, 11) is -0.0922. The molecule has 0 amide bonds. The molecule has 3 heteroatoms. The van der Waals surface area contributed by atoms with E-state index in [-0.39, 0.29) is 18.3 Å². The zero-order valence-corrected chi connectivity index (χ0v) is 12.3. The third-order valence-corrected chi connectivity index (χ3v) is 3.98. The van der Waals surface area contributed by atoms with E-state index < -0.39 is 0 Å². The highest BCUT2D eigenvalue weighted by atomic mass is 16.7. The second kappa shape index (κ2) is 5.52. The van der Waals surface area contributed by atoms with Crippen molar-refractivity contribution in [2.75, 3.05) is 0 Å². The molecule has 0 radical (unpaired) electrons. The predicted octanol–water partition coefficient (Wildman–Crippen LogP) is 4.18. The highest BCUT2D eigenvalue weighted by Gasteiger charge is 2.50. The van der Waals surface area contributed by atoms with Crippen molar-refractivity contribution >= 4 is 13.2 Å². The van der Waals surface area contributed by atoms with Gasteiger partial charge in [-0.25, -0.2) is 0 Å². The number of allylic oxidation sites excluding steroid dienone is 1. The van der Waals surface area contributed by atoms with E-state index >= 15 is 0 Å². The Hall–Kier alpha value is -1.06. The first-order valence-corrected chi connectivity index (χ1v) is 6.98. The lowest BCUT2D eigenvalue weighted by molar-refractivity contribution is 0.00578. The average Bonchev–Trinajstić information content (AvgIpc) is 2.55. The molecule has 2 rings (SSSR count). The van der Waals surface area contributed by atoms with Crippen LogP contribution in [0.25, 0.3) is 6.08 Å². The fourth-order valence-corrected chi connectivity index (χ4v) is 2.10. The van der Waals surface area contributed by atoms with E-state index in [1.807, 2.05) is 18.2 Å². The fraction of sp³-hybridized carbons (Fsp3) is 0.500. The SMILES string of the molecule is CC1(C)OB(CC/C=C/c2ccccc2)OC1(C)C. The second-order valence-corrected chi connectivity index (χ2v) is 6.08. The number of benzene rings is 1. The van der Waals surface area contributed by atoms with Gasteiger partial charge >= 0.3 is 7.12 Å². The van der Waals surface area contributed by atoms with Gasteiger partial charge in [0, 0.05) is 0 Å². The lowest BCUT2D eigenvalue weighted by atomic mass is 9.83. The van der Waals surface area contributed by atoms with Gasteiger partial charge in [-0.2, -0.15) is 0 Å². The molecule has 0 atom stereocenters. The van der Waals surface area contributed by atoms with Crippen molar-refractivity contribution in [2.45, 2.75) is 51.6 Å². The smallest absolute Gasteiger partial charge is 0.403 e. The molecule has 1 aliphatic rings. The molecule has 0 bridgehead atoms. The van der Waals surface area contributed by atoms with Gasteiger partial charge in [-0.05, 0) is 46.0 Å². The highest BCUT2D eigenvalue weighted by molar-refractivity contribution is 6.45. The molecular formula is C16H23BO2. The molecule has 1 aromatic rings. The molecule has 0 saturated carbocycles. The van der Waals surface area contributed by atoms with Gasteiger partial charge in [0.25, 0.3) is 0 Å². The Morgan fingerprint density at radius 1 is 1.00 bits per heavy atom. The van der Waals surface area contributed by atoms with Gasteiger partial charge < -0.3 is 9.31 Å². The number of hydrogen-bond donors (Lipinski definition) is 0. The van der Waals surface area contributed by atoms with Crippen LogP contribution in [0, 0.1) is 0 Å². The first-order valence-electron chi connectivity index (χ1n) is 6.98. The fourth-order valence-electron chi connectivity index (χ4n) is 2.10. The quantitative estimate of drug-likeness (QED) is 0.754. The van der Waals surface area contributed by atoms with E-state index in [9.17, 15) is 0 Å². The molecule has 1 aliphatic heterocycles. The zero-order chi connectivity index (χ0) is 13.9. The van der Waals surface area contributed by atoms with Crippen LogP contribution in [0.4, 0.5) is 0 Å². The van der Waals surface area contributed by atoms with E-state index in [1.165, 1.54) is 5.56 Å². The molecule has 2 nitrogen and oxygen atoms in total. The van der Waals surface area contributed by atoms with Crippen molar-refractivity contribution in [3.8, 4) is 0 Å². The minimum atomic E-state index is -0.221. The summed E-state index contributed by atoms with van der Waals surface area (Å²) in [5.74, 6) is 0. The molecule has 19 heavy (non-hydrogen) atoms. The van der Waals surface area contributed by atoms with Crippen molar-refractivity contribution in [1.82, 2.24) is 0 Å². The van der Waals surface area contributed by atoms with Crippen LogP contribution in [-0.4, -0.2) is 18.3 Å². The molecular weight excluding hydrogens is 235 g/mol. The number of hydrogen-bond acceptors (Lipinski definition) is 2. The van der Waals surface area contributed by atoms with E-state index in [2.05, 4.69) is 52.0 Å². The maximum Gasteiger partial charge on any atom is 0.458 e. The van der Waals surface area contributed by atoms with Gasteiger partial charge in [-0.3, -0.25) is 0 Å². The Kier molecular flexibility index (Phi) is 4.17. The van der Waals surface area contributed by atoms with Crippen molar-refractivity contribution in [2.24, 2.45) is 0 Å². The molecule has 0 unspecified atom stereocenters. The molecule has 0 aromatic heterocycles.